The number of hydrogen-bond acceptors (Lipinski definition) is 3. The van der Waals surface area contributed by atoms with Gasteiger partial charge in [0.1, 0.15) is 0 Å². The van der Waals surface area contributed by atoms with E-state index in [1.807, 2.05) is 0 Å². The van der Waals surface area contributed by atoms with E-state index in [0.29, 0.717) is 0 Å². The molecule has 0 spiro atoms. The van der Waals surface area contributed by atoms with Crippen molar-refractivity contribution in [3.05, 3.63) is 0 Å². The first-order valence-corrected chi connectivity index (χ1v) is 9.98. The molecule has 136 valence electrons. The Hall–Kier alpha value is -0.170. The van der Waals surface area contributed by atoms with E-state index in [4.69, 9.17) is 17.5 Å². The molecule has 0 aromatic carbocycles. The van der Waals surface area contributed by atoms with Crippen molar-refractivity contribution < 1.29 is 17.5 Å². The first-order chi connectivity index (χ1) is 10.2. The third-order valence-electron chi connectivity index (χ3n) is 3.74. The van der Waals surface area contributed by atoms with E-state index >= 15 is 0 Å². The van der Waals surface area contributed by atoms with Crippen molar-refractivity contribution >= 4 is 10.4 Å². The number of rotatable bonds is 12. The summed E-state index contributed by atoms with van der Waals surface area (Å²) in [6.07, 6.45) is 15.6. The van der Waals surface area contributed by atoms with Crippen LogP contribution < -0.4 is 0 Å². The van der Waals surface area contributed by atoms with Gasteiger partial charge in [0.15, 0.2) is 0 Å². The Morgan fingerprint density at radius 2 is 1.18 bits per heavy atom. The van der Waals surface area contributed by atoms with Gasteiger partial charge in [-0.3, -0.25) is 9.11 Å². The van der Waals surface area contributed by atoms with E-state index in [2.05, 4.69) is 32.8 Å². The van der Waals surface area contributed by atoms with Crippen LogP contribution in [0.15, 0.2) is 0 Å². The first kappa shape index (κ1) is 24.1. The molecule has 1 unspecified atom stereocenters. The van der Waals surface area contributed by atoms with Gasteiger partial charge in [-0.2, -0.15) is 8.42 Å². The zero-order valence-corrected chi connectivity index (χ0v) is 15.7. The highest BCUT2D eigenvalue weighted by molar-refractivity contribution is 7.79. The average Bonchev–Trinajstić information content (AvgIpc) is 2.38. The lowest BCUT2D eigenvalue weighted by Crippen LogP contribution is -2.27. The van der Waals surface area contributed by atoms with Crippen LogP contribution in [0.3, 0.4) is 0 Å². The molecule has 0 amide bonds. The van der Waals surface area contributed by atoms with Gasteiger partial charge in [-0.1, -0.05) is 71.6 Å². The van der Waals surface area contributed by atoms with Crippen molar-refractivity contribution in [3.63, 3.8) is 0 Å². The lowest BCUT2D eigenvalue weighted by Gasteiger charge is -2.23. The van der Waals surface area contributed by atoms with Gasteiger partial charge in [0.2, 0.25) is 0 Å². The van der Waals surface area contributed by atoms with Crippen LogP contribution >= 0.6 is 0 Å². The smallest absolute Gasteiger partial charge is 0.306 e. The monoisotopic (exact) mass is 339 g/mol. The Balaban J connectivity index is 0. The van der Waals surface area contributed by atoms with E-state index in [-0.39, 0.29) is 0 Å². The zero-order valence-electron chi connectivity index (χ0n) is 14.9. The molecule has 0 saturated heterocycles. The molecule has 0 aliphatic heterocycles. The summed E-state index contributed by atoms with van der Waals surface area (Å²) in [5.41, 5.74) is 0. The maximum absolute atomic E-state index is 8.74. The van der Waals surface area contributed by atoms with Gasteiger partial charge < -0.3 is 4.90 Å². The highest BCUT2D eigenvalue weighted by Crippen LogP contribution is 2.14. The standard InChI is InChI=1S/C16H35N.H2O4S/c1-5-7-8-9-10-11-12-13-15-16(14-6-2)17(3)4;1-5(2,3)4/h16H,5-15H2,1-4H3;(H2,1,2,3,4). The van der Waals surface area contributed by atoms with E-state index < -0.39 is 10.4 Å². The maximum atomic E-state index is 8.74. The fourth-order valence-electron chi connectivity index (χ4n) is 2.51. The molecule has 6 heteroatoms. The summed E-state index contributed by atoms with van der Waals surface area (Å²) in [7, 11) is -0.212. The summed E-state index contributed by atoms with van der Waals surface area (Å²) in [6, 6.07) is 0.820. The maximum Gasteiger partial charge on any atom is 0.394 e. The Bertz CT molecular complexity index is 310. The van der Waals surface area contributed by atoms with Gasteiger partial charge in [0.05, 0.1) is 0 Å². The van der Waals surface area contributed by atoms with Crippen LogP contribution in [-0.4, -0.2) is 42.6 Å². The molecule has 0 aliphatic carbocycles. The molecule has 0 saturated carbocycles. The Morgan fingerprint density at radius 3 is 1.55 bits per heavy atom. The molecule has 22 heavy (non-hydrogen) atoms. The van der Waals surface area contributed by atoms with Crippen molar-refractivity contribution in [2.24, 2.45) is 0 Å². The number of unbranched alkanes of at least 4 members (excludes halogenated alkanes) is 7. The van der Waals surface area contributed by atoms with Gasteiger partial charge in [0.25, 0.3) is 0 Å². The van der Waals surface area contributed by atoms with Crippen molar-refractivity contribution in [1.29, 1.82) is 0 Å². The Labute approximate surface area is 138 Å². The topological polar surface area (TPSA) is 77.8 Å². The van der Waals surface area contributed by atoms with Gasteiger partial charge >= 0.3 is 10.4 Å². The Morgan fingerprint density at radius 1 is 0.773 bits per heavy atom. The molecular weight excluding hydrogens is 302 g/mol. The van der Waals surface area contributed by atoms with Crippen LogP contribution in [0.5, 0.6) is 0 Å². The lowest BCUT2D eigenvalue weighted by atomic mass is 10.0. The molecule has 0 aromatic heterocycles. The average molecular weight is 340 g/mol. The minimum Gasteiger partial charge on any atom is -0.306 e. The fourth-order valence-corrected chi connectivity index (χ4v) is 2.51. The fraction of sp³-hybridized carbons (Fsp3) is 1.00. The summed E-state index contributed by atoms with van der Waals surface area (Å²) in [5.74, 6) is 0. The third kappa shape index (κ3) is 24.8. The molecule has 0 bridgehead atoms. The van der Waals surface area contributed by atoms with Crippen molar-refractivity contribution in [2.45, 2.75) is 90.5 Å². The molecule has 0 rings (SSSR count). The van der Waals surface area contributed by atoms with Crippen LogP contribution in [0.4, 0.5) is 0 Å². The Kier molecular flexibility index (Phi) is 17.2. The molecule has 1 atom stereocenters. The molecule has 0 aromatic rings. The normalized spacial score (nSPS) is 12.9. The van der Waals surface area contributed by atoms with E-state index in [1.54, 1.807) is 0 Å². The molecule has 5 nitrogen and oxygen atoms in total. The second kappa shape index (κ2) is 15.7. The zero-order chi connectivity index (χ0) is 17.4. The predicted molar refractivity (Wildman–Crippen MR) is 93.8 cm³/mol. The third-order valence-corrected chi connectivity index (χ3v) is 3.74. The SMILES string of the molecule is CCCCCCCCCCC(CCC)N(C)C.O=S(=O)(O)O. The predicted octanol–water partition coefficient (Wildman–Crippen LogP) is 4.59. The molecule has 0 aliphatic rings. The van der Waals surface area contributed by atoms with Crippen molar-refractivity contribution in [3.8, 4) is 0 Å². The van der Waals surface area contributed by atoms with E-state index in [1.165, 1.54) is 70.6 Å². The van der Waals surface area contributed by atoms with Crippen LogP contribution in [0.2, 0.25) is 0 Å². The molecule has 0 radical (unpaired) electrons. The van der Waals surface area contributed by atoms with Gasteiger partial charge in [-0.15, -0.1) is 0 Å². The summed E-state index contributed by atoms with van der Waals surface area (Å²) in [6.45, 7) is 4.58. The van der Waals surface area contributed by atoms with Gasteiger partial charge in [0, 0.05) is 6.04 Å². The minimum atomic E-state index is -4.67. The molecule has 0 heterocycles. The number of nitrogens with zero attached hydrogens (tertiary/aromatic N) is 1. The van der Waals surface area contributed by atoms with Gasteiger partial charge in [-0.25, -0.2) is 0 Å². The largest absolute Gasteiger partial charge is 0.394 e. The summed E-state index contributed by atoms with van der Waals surface area (Å²) < 4.78 is 31.6. The van der Waals surface area contributed by atoms with Crippen LogP contribution in [-0.2, 0) is 10.4 Å². The molecular formula is C16H37NO4S. The van der Waals surface area contributed by atoms with E-state index in [0.717, 1.165) is 6.04 Å². The molecule has 0 fully saturated rings. The van der Waals surface area contributed by atoms with Crippen LogP contribution in [0.25, 0.3) is 0 Å². The molecule has 2 N–H and O–H groups in total. The summed E-state index contributed by atoms with van der Waals surface area (Å²) >= 11 is 0. The van der Waals surface area contributed by atoms with Gasteiger partial charge in [-0.05, 0) is 26.9 Å². The second-order valence-corrected chi connectivity index (χ2v) is 7.01. The number of hydrogen-bond donors (Lipinski definition) is 2. The van der Waals surface area contributed by atoms with Crippen LogP contribution in [0.1, 0.15) is 84.5 Å². The van der Waals surface area contributed by atoms with E-state index in [9.17, 15) is 0 Å². The minimum absolute atomic E-state index is 0.820. The van der Waals surface area contributed by atoms with Crippen LogP contribution in [0, 0.1) is 0 Å². The summed E-state index contributed by atoms with van der Waals surface area (Å²) in [4.78, 5) is 2.41. The highest BCUT2D eigenvalue weighted by atomic mass is 32.3. The first-order valence-electron chi connectivity index (χ1n) is 8.58. The summed E-state index contributed by atoms with van der Waals surface area (Å²) in [5, 5.41) is 0. The lowest BCUT2D eigenvalue weighted by molar-refractivity contribution is 0.256. The second-order valence-electron chi connectivity index (χ2n) is 6.12. The van der Waals surface area contributed by atoms with Crippen molar-refractivity contribution in [1.82, 2.24) is 4.90 Å². The highest BCUT2D eigenvalue weighted by Gasteiger charge is 2.08. The quantitative estimate of drug-likeness (QED) is 0.401. The van der Waals surface area contributed by atoms with Crippen molar-refractivity contribution in [2.75, 3.05) is 14.1 Å².